The Balaban J connectivity index is 2.12. The average Bonchev–Trinajstić information content (AvgIpc) is 2.31. The zero-order chi connectivity index (χ0) is 10.1. The first-order valence-corrected chi connectivity index (χ1v) is 5.71. The maximum atomic E-state index is 11.7. The second kappa shape index (κ2) is 3.79. The first-order chi connectivity index (χ1) is 6.72. The predicted molar refractivity (Wildman–Crippen MR) is 56.2 cm³/mol. The van der Waals surface area contributed by atoms with Gasteiger partial charge in [0, 0.05) is 14.1 Å². The second-order valence-corrected chi connectivity index (χ2v) is 4.63. The molecule has 3 nitrogen and oxygen atoms in total. The Labute approximate surface area is 86.1 Å². The highest BCUT2D eigenvalue weighted by Crippen LogP contribution is 2.30. The summed E-state index contributed by atoms with van der Waals surface area (Å²) in [6.45, 7) is 0. The van der Waals surface area contributed by atoms with Gasteiger partial charge in [0.1, 0.15) is 0 Å². The smallest absolute Gasteiger partial charge is 0.320 e. The average molecular weight is 196 g/mol. The Morgan fingerprint density at radius 1 is 0.929 bits per heavy atom. The van der Waals surface area contributed by atoms with Crippen LogP contribution in [0.3, 0.4) is 0 Å². The van der Waals surface area contributed by atoms with Gasteiger partial charge < -0.3 is 9.80 Å². The lowest BCUT2D eigenvalue weighted by Crippen LogP contribution is -2.35. The summed E-state index contributed by atoms with van der Waals surface area (Å²) < 4.78 is 0. The van der Waals surface area contributed by atoms with Crippen molar-refractivity contribution in [1.29, 1.82) is 0 Å². The normalized spacial score (nSPS) is 34.0. The molecule has 1 saturated carbocycles. The molecule has 1 saturated heterocycles. The first kappa shape index (κ1) is 9.81. The van der Waals surface area contributed by atoms with E-state index < -0.39 is 0 Å². The van der Waals surface area contributed by atoms with Gasteiger partial charge in [0.25, 0.3) is 0 Å². The number of likely N-dealkylation sites (N-methyl/N-ethyl adjacent to an activating group) is 2. The summed E-state index contributed by atoms with van der Waals surface area (Å²) in [5.74, 6) is 0. The van der Waals surface area contributed by atoms with E-state index in [-0.39, 0.29) is 6.03 Å². The van der Waals surface area contributed by atoms with E-state index in [9.17, 15) is 4.79 Å². The molecule has 0 bridgehead atoms. The number of carbonyl (C=O) groups excluding carboxylic acids is 1. The quantitative estimate of drug-likeness (QED) is 0.582. The van der Waals surface area contributed by atoms with Crippen molar-refractivity contribution in [2.24, 2.45) is 0 Å². The maximum Gasteiger partial charge on any atom is 0.320 e. The van der Waals surface area contributed by atoms with E-state index in [2.05, 4.69) is 0 Å². The molecule has 0 unspecified atom stereocenters. The molecule has 1 aliphatic carbocycles. The molecule has 0 radical (unpaired) electrons. The van der Waals surface area contributed by atoms with Crippen molar-refractivity contribution in [2.75, 3.05) is 14.1 Å². The third-order valence-electron chi connectivity index (χ3n) is 3.79. The number of hydrogen-bond donors (Lipinski definition) is 0. The molecule has 2 amide bonds. The molecule has 2 rings (SSSR count). The van der Waals surface area contributed by atoms with Gasteiger partial charge in [-0.05, 0) is 12.8 Å². The minimum atomic E-state index is 0.210. The maximum absolute atomic E-state index is 11.7. The van der Waals surface area contributed by atoms with Crippen molar-refractivity contribution in [1.82, 2.24) is 9.80 Å². The molecular weight excluding hydrogens is 176 g/mol. The summed E-state index contributed by atoms with van der Waals surface area (Å²) in [6, 6.07) is 1.17. The van der Waals surface area contributed by atoms with Crippen LogP contribution in [0.1, 0.15) is 38.5 Å². The topological polar surface area (TPSA) is 23.6 Å². The van der Waals surface area contributed by atoms with Crippen molar-refractivity contribution in [3.63, 3.8) is 0 Å². The van der Waals surface area contributed by atoms with Gasteiger partial charge in [0.2, 0.25) is 0 Å². The molecule has 1 heterocycles. The first-order valence-electron chi connectivity index (χ1n) is 5.71. The van der Waals surface area contributed by atoms with E-state index in [1.807, 2.05) is 23.9 Å². The van der Waals surface area contributed by atoms with Gasteiger partial charge in [-0.25, -0.2) is 4.79 Å². The number of hydrogen-bond acceptors (Lipinski definition) is 1. The molecule has 0 spiro atoms. The number of nitrogens with zero attached hydrogens (tertiary/aromatic N) is 2. The van der Waals surface area contributed by atoms with Crippen LogP contribution in [0.25, 0.3) is 0 Å². The SMILES string of the molecule is CN1C(=O)N(C)[C@H]2CCCCCC[C@H]21. The van der Waals surface area contributed by atoms with Gasteiger partial charge in [0.05, 0.1) is 12.1 Å². The van der Waals surface area contributed by atoms with E-state index in [0.29, 0.717) is 12.1 Å². The van der Waals surface area contributed by atoms with Crippen LogP contribution < -0.4 is 0 Å². The summed E-state index contributed by atoms with van der Waals surface area (Å²) in [4.78, 5) is 15.6. The van der Waals surface area contributed by atoms with Crippen molar-refractivity contribution < 1.29 is 4.79 Å². The molecule has 0 aromatic rings. The van der Waals surface area contributed by atoms with Crippen LogP contribution in [0.15, 0.2) is 0 Å². The second-order valence-electron chi connectivity index (χ2n) is 4.63. The number of carbonyl (C=O) groups is 1. The van der Waals surface area contributed by atoms with Crippen LogP contribution in [0.4, 0.5) is 4.79 Å². The van der Waals surface area contributed by atoms with Gasteiger partial charge in [-0.15, -0.1) is 0 Å². The summed E-state index contributed by atoms with van der Waals surface area (Å²) >= 11 is 0. The van der Waals surface area contributed by atoms with Gasteiger partial charge in [-0.2, -0.15) is 0 Å². The predicted octanol–water partition coefficient (Wildman–Crippen LogP) is 2.08. The summed E-state index contributed by atoms with van der Waals surface area (Å²) in [5.41, 5.74) is 0. The Hall–Kier alpha value is -0.730. The molecule has 0 aromatic carbocycles. The molecule has 2 atom stereocenters. The van der Waals surface area contributed by atoms with Crippen LogP contribution in [0.2, 0.25) is 0 Å². The van der Waals surface area contributed by atoms with E-state index >= 15 is 0 Å². The number of amides is 2. The van der Waals surface area contributed by atoms with Gasteiger partial charge in [0.15, 0.2) is 0 Å². The van der Waals surface area contributed by atoms with E-state index in [0.717, 1.165) is 0 Å². The van der Waals surface area contributed by atoms with Gasteiger partial charge in [-0.3, -0.25) is 0 Å². The molecular formula is C11H20N2O. The highest BCUT2D eigenvalue weighted by molar-refractivity contribution is 5.77. The third kappa shape index (κ3) is 1.49. The molecule has 14 heavy (non-hydrogen) atoms. The number of fused-ring (bicyclic) bond motifs is 1. The third-order valence-corrected chi connectivity index (χ3v) is 3.79. The van der Waals surface area contributed by atoms with Gasteiger partial charge in [-0.1, -0.05) is 25.7 Å². The van der Waals surface area contributed by atoms with E-state index in [1.165, 1.54) is 38.5 Å². The number of urea groups is 1. The van der Waals surface area contributed by atoms with Crippen LogP contribution in [0.5, 0.6) is 0 Å². The largest absolute Gasteiger partial charge is 0.323 e. The zero-order valence-electron chi connectivity index (χ0n) is 9.20. The Morgan fingerprint density at radius 2 is 1.36 bits per heavy atom. The fourth-order valence-corrected chi connectivity index (χ4v) is 2.88. The van der Waals surface area contributed by atoms with Crippen molar-refractivity contribution in [3.05, 3.63) is 0 Å². The van der Waals surface area contributed by atoms with E-state index in [1.54, 1.807) is 0 Å². The highest BCUT2D eigenvalue weighted by atomic mass is 16.2. The van der Waals surface area contributed by atoms with Crippen LogP contribution >= 0.6 is 0 Å². The van der Waals surface area contributed by atoms with Crippen molar-refractivity contribution >= 4 is 6.03 Å². The van der Waals surface area contributed by atoms with E-state index in [4.69, 9.17) is 0 Å². The lowest BCUT2D eigenvalue weighted by Gasteiger charge is -2.27. The molecule has 0 aromatic heterocycles. The minimum absolute atomic E-state index is 0.210. The Morgan fingerprint density at radius 3 is 1.79 bits per heavy atom. The van der Waals surface area contributed by atoms with Crippen LogP contribution in [-0.4, -0.2) is 42.0 Å². The molecule has 1 aliphatic heterocycles. The highest BCUT2D eigenvalue weighted by Gasteiger charge is 2.40. The molecule has 3 heteroatoms. The molecule has 0 N–H and O–H groups in total. The van der Waals surface area contributed by atoms with Gasteiger partial charge >= 0.3 is 6.03 Å². The lowest BCUT2D eigenvalue weighted by molar-refractivity contribution is 0.199. The minimum Gasteiger partial charge on any atom is -0.323 e. The van der Waals surface area contributed by atoms with Crippen LogP contribution in [-0.2, 0) is 0 Å². The summed E-state index contributed by atoms with van der Waals surface area (Å²) in [7, 11) is 3.90. The van der Waals surface area contributed by atoms with Crippen LogP contribution in [0, 0.1) is 0 Å². The molecule has 2 aliphatic rings. The fraction of sp³-hybridized carbons (Fsp3) is 0.909. The number of rotatable bonds is 0. The molecule has 80 valence electrons. The summed E-state index contributed by atoms with van der Waals surface area (Å²) in [6.07, 6.45) is 7.64. The fourth-order valence-electron chi connectivity index (χ4n) is 2.88. The van der Waals surface area contributed by atoms with Crippen molar-refractivity contribution in [3.8, 4) is 0 Å². The Kier molecular flexibility index (Phi) is 2.66. The molecule has 2 fully saturated rings. The lowest BCUT2D eigenvalue weighted by atomic mass is 9.92. The van der Waals surface area contributed by atoms with Crippen molar-refractivity contribution in [2.45, 2.75) is 50.6 Å². The monoisotopic (exact) mass is 196 g/mol. The summed E-state index contributed by atoms with van der Waals surface area (Å²) in [5, 5.41) is 0. The Bertz CT molecular complexity index is 207. The zero-order valence-corrected chi connectivity index (χ0v) is 9.20. The standard InChI is InChI=1S/C11H20N2O/c1-12-9-7-5-3-4-6-8-10(9)13(2)11(12)14/h9-10H,3-8H2,1-2H3/t9-,10+.